The van der Waals surface area contributed by atoms with Crippen molar-refractivity contribution in [1.82, 2.24) is 4.90 Å². The zero-order valence-electron chi connectivity index (χ0n) is 10.0. The first-order chi connectivity index (χ1) is 8.43. The fraction of sp³-hybridized carbons (Fsp3) is 0.500. The summed E-state index contributed by atoms with van der Waals surface area (Å²) >= 11 is 3.57. The molecule has 0 N–H and O–H groups in total. The third kappa shape index (κ3) is 3.16. The molecule has 3 heterocycles. The zero-order chi connectivity index (χ0) is 11.5. The van der Waals surface area contributed by atoms with Gasteiger partial charge in [0.15, 0.2) is 5.17 Å². The van der Waals surface area contributed by atoms with Gasteiger partial charge in [0, 0.05) is 18.8 Å². The van der Waals surface area contributed by atoms with Crippen molar-refractivity contribution in [3.05, 3.63) is 22.4 Å². The third-order valence-corrected chi connectivity index (χ3v) is 4.96. The van der Waals surface area contributed by atoms with Crippen molar-refractivity contribution in [2.24, 2.45) is 10.2 Å². The fourth-order valence-electron chi connectivity index (χ4n) is 2.10. The van der Waals surface area contributed by atoms with Gasteiger partial charge in [0.1, 0.15) is 0 Å². The lowest BCUT2D eigenvalue weighted by molar-refractivity contribution is 0.347. The minimum absolute atomic E-state index is 0. The highest BCUT2D eigenvalue weighted by Gasteiger charge is 2.19. The lowest BCUT2D eigenvalue weighted by Gasteiger charge is -2.29. The number of hydrogen-bond donors (Lipinski definition) is 0. The Bertz CT molecular complexity index is 436. The molecule has 3 nitrogen and oxygen atoms in total. The van der Waals surface area contributed by atoms with Crippen LogP contribution in [-0.4, -0.2) is 34.6 Å². The molecule has 1 aromatic rings. The van der Waals surface area contributed by atoms with Crippen LogP contribution in [0.3, 0.4) is 0 Å². The molecule has 18 heavy (non-hydrogen) atoms. The quantitative estimate of drug-likeness (QED) is 0.777. The molecule has 0 bridgehead atoms. The van der Waals surface area contributed by atoms with Crippen molar-refractivity contribution >= 4 is 51.0 Å². The molecule has 0 aliphatic carbocycles. The van der Waals surface area contributed by atoms with Gasteiger partial charge in [-0.25, -0.2) is 0 Å². The fourth-order valence-corrected chi connectivity index (χ4v) is 3.84. The molecule has 6 heteroatoms. The summed E-state index contributed by atoms with van der Waals surface area (Å²) < 4.78 is 0. The number of nitrogens with zero attached hydrogens (tertiary/aromatic N) is 3. The minimum atomic E-state index is 0. The summed E-state index contributed by atoms with van der Waals surface area (Å²) in [6.45, 7) is 2.30. The Balaban J connectivity index is 0.00000120. The molecule has 0 saturated carbocycles. The average molecular weight is 346 g/mol. The lowest BCUT2D eigenvalue weighted by atomic mass is 10.1. The van der Waals surface area contributed by atoms with Crippen LogP contribution in [0.2, 0.25) is 0 Å². The molecule has 0 unspecified atom stereocenters. The maximum Gasteiger partial charge on any atom is 0.186 e. The molecule has 98 valence electrons. The van der Waals surface area contributed by atoms with Gasteiger partial charge in [0.2, 0.25) is 0 Å². The highest BCUT2D eigenvalue weighted by atomic mass is 79.9. The number of halogens is 1. The number of piperidine rings is 1. The molecule has 1 saturated heterocycles. The van der Waals surface area contributed by atoms with Gasteiger partial charge >= 0.3 is 0 Å². The van der Waals surface area contributed by atoms with Crippen LogP contribution in [-0.2, 0) is 0 Å². The lowest BCUT2D eigenvalue weighted by Crippen LogP contribution is -2.35. The van der Waals surface area contributed by atoms with Crippen LogP contribution >= 0.6 is 40.1 Å². The molecular weight excluding hydrogens is 330 g/mol. The number of thiophene rings is 1. The first-order valence-electron chi connectivity index (χ1n) is 5.99. The van der Waals surface area contributed by atoms with E-state index in [0.717, 1.165) is 29.7 Å². The standard InChI is InChI=1S/C12H15N3S2.BrH/c1-2-6-15(7-3-1)12-14-13-10(9-17-12)11-5-4-8-16-11;/h4-5,8H,1-3,6-7,9H2;1H. The van der Waals surface area contributed by atoms with Crippen molar-refractivity contribution in [3.8, 4) is 0 Å². The number of likely N-dealkylation sites (tertiary alicyclic amines) is 1. The van der Waals surface area contributed by atoms with Gasteiger partial charge < -0.3 is 4.90 Å². The highest BCUT2D eigenvalue weighted by Crippen LogP contribution is 2.22. The van der Waals surface area contributed by atoms with E-state index in [-0.39, 0.29) is 17.0 Å². The maximum absolute atomic E-state index is 4.39. The van der Waals surface area contributed by atoms with Crippen LogP contribution in [0.15, 0.2) is 27.7 Å². The Kier molecular flexibility index (Phi) is 5.26. The smallest absolute Gasteiger partial charge is 0.186 e. The van der Waals surface area contributed by atoms with Gasteiger partial charge in [-0.3, -0.25) is 0 Å². The van der Waals surface area contributed by atoms with Crippen molar-refractivity contribution in [3.63, 3.8) is 0 Å². The molecule has 0 aromatic carbocycles. The molecule has 0 spiro atoms. The van der Waals surface area contributed by atoms with Crippen LogP contribution in [0, 0.1) is 0 Å². The third-order valence-electron chi connectivity index (χ3n) is 3.03. The van der Waals surface area contributed by atoms with Gasteiger partial charge in [-0.2, -0.15) is 5.10 Å². The number of thioether (sulfide) groups is 1. The molecule has 0 radical (unpaired) electrons. The van der Waals surface area contributed by atoms with Crippen LogP contribution in [0.25, 0.3) is 0 Å². The Morgan fingerprint density at radius 1 is 1.11 bits per heavy atom. The van der Waals surface area contributed by atoms with E-state index in [0.29, 0.717) is 0 Å². The first-order valence-corrected chi connectivity index (χ1v) is 7.86. The van der Waals surface area contributed by atoms with Gasteiger partial charge in [-0.1, -0.05) is 17.8 Å². The summed E-state index contributed by atoms with van der Waals surface area (Å²) in [6.07, 6.45) is 3.94. The van der Waals surface area contributed by atoms with E-state index in [9.17, 15) is 0 Å². The highest BCUT2D eigenvalue weighted by molar-refractivity contribution is 8.93. The van der Waals surface area contributed by atoms with Crippen LogP contribution in [0.1, 0.15) is 24.1 Å². The van der Waals surface area contributed by atoms with Crippen molar-refractivity contribution in [2.45, 2.75) is 19.3 Å². The van der Waals surface area contributed by atoms with Gasteiger partial charge in [-0.15, -0.1) is 33.4 Å². The molecule has 3 rings (SSSR count). The summed E-state index contributed by atoms with van der Waals surface area (Å²) in [5, 5.41) is 12.0. The first kappa shape index (κ1) is 14.1. The van der Waals surface area contributed by atoms with Gasteiger partial charge in [0.25, 0.3) is 0 Å². The van der Waals surface area contributed by atoms with E-state index < -0.39 is 0 Å². The Labute approximate surface area is 126 Å². The summed E-state index contributed by atoms with van der Waals surface area (Å²) in [5.74, 6) is 0.954. The summed E-state index contributed by atoms with van der Waals surface area (Å²) in [5.41, 5.74) is 1.12. The number of rotatable bonds is 1. The maximum atomic E-state index is 4.39. The van der Waals surface area contributed by atoms with Crippen LogP contribution in [0.5, 0.6) is 0 Å². The van der Waals surface area contributed by atoms with E-state index >= 15 is 0 Å². The predicted molar refractivity (Wildman–Crippen MR) is 86.5 cm³/mol. The van der Waals surface area contributed by atoms with Gasteiger partial charge in [0.05, 0.1) is 10.6 Å². The summed E-state index contributed by atoms with van der Waals surface area (Å²) in [4.78, 5) is 3.63. The Morgan fingerprint density at radius 3 is 2.56 bits per heavy atom. The molecule has 0 atom stereocenters. The Morgan fingerprint density at radius 2 is 1.94 bits per heavy atom. The van der Waals surface area contributed by atoms with Gasteiger partial charge in [-0.05, 0) is 30.7 Å². The minimum Gasteiger partial charge on any atom is -0.350 e. The second kappa shape index (κ2) is 6.73. The molecule has 1 fully saturated rings. The average Bonchev–Trinajstić information content (AvgIpc) is 2.94. The van der Waals surface area contributed by atoms with Crippen molar-refractivity contribution in [2.75, 3.05) is 18.8 Å². The normalized spacial score (nSPS) is 19.9. The topological polar surface area (TPSA) is 28.0 Å². The largest absolute Gasteiger partial charge is 0.350 e. The van der Waals surface area contributed by atoms with E-state index in [1.807, 2.05) is 11.8 Å². The Hall–Kier alpha value is -0.330. The summed E-state index contributed by atoms with van der Waals surface area (Å²) in [7, 11) is 0. The van der Waals surface area contributed by atoms with Crippen molar-refractivity contribution < 1.29 is 0 Å². The van der Waals surface area contributed by atoms with E-state index in [2.05, 4.69) is 32.6 Å². The summed E-state index contributed by atoms with van der Waals surface area (Å²) in [6, 6.07) is 4.18. The molecular formula is C12H16BrN3S2. The molecule has 0 amide bonds. The van der Waals surface area contributed by atoms with Crippen LogP contribution < -0.4 is 0 Å². The number of amidine groups is 1. The second-order valence-electron chi connectivity index (χ2n) is 4.24. The monoisotopic (exact) mass is 345 g/mol. The molecule has 2 aliphatic heterocycles. The zero-order valence-corrected chi connectivity index (χ0v) is 13.4. The predicted octanol–water partition coefficient (Wildman–Crippen LogP) is 3.62. The molecule has 1 aromatic heterocycles. The SMILES string of the molecule is Br.c1csc(C2=NN=C(N3CCCCC3)SC2)c1. The number of hydrogen-bond acceptors (Lipinski definition) is 5. The van der Waals surface area contributed by atoms with E-state index in [1.54, 1.807) is 11.3 Å². The van der Waals surface area contributed by atoms with Crippen LogP contribution in [0.4, 0.5) is 0 Å². The molecule has 2 aliphatic rings. The second-order valence-corrected chi connectivity index (χ2v) is 6.13. The van der Waals surface area contributed by atoms with E-state index in [4.69, 9.17) is 0 Å². The van der Waals surface area contributed by atoms with Crippen molar-refractivity contribution in [1.29, 1.82) is 0 Å². The van der Waals surface area contributed by atoms with E-state index in [1.165, 1.54) is 24.1 Å².